The zero-order valence-electron chi connectivity index (χ0n) is 11.0. The van der Waals surface area contributed by atoms with Gasteiger partial charge in [0.1, 0.15) is 11.9 Å². The van der Waals surface area contributed by atoms with Crippen LogP contribution >= 0.6 is 0 Å². The lowest BCUT2D eigenvalue weighted by atomic mass is 10.1. The van der Waals surface area contributed by atoms with Crippen LogP contribution in [-0.2, 0) is 21.2 Å². The molecule has 1 rings (SSSR count). The molecule has 0 spiro atoms. The lowest BCUT2D eigenvalue weighted by Crippen LogP contribution is -2.40. The molecule has 1 aromatic heterocycles. The van der Waals surface area contributed by atoms with Crippen LogP contribution in [0.15, 0.2) is 11.2 Å². The number of H-pyrrole nitrogens is 1. The molecule has 8 heteroatoms. The third kappa shape index (κ3) is 4.32. The normalized spacial score (nSPS) is 13.4. The number of hydrogen-bond acceptors (Lipinski definition) is 4. The molecular formula is C11H19N3O4S. The Balaban J connectivity index is 2.84. The fourth-order valence-electron chi connectivity index (χ4n) is 1.55. The van der Waals surface area contributed by atoms with Crippen molar-refractivity contribution in [1.82, 2.24) is 14.7 Å². The summed E-state index contributed by atoms with van der Waals surface area (Å²) >= 11 is 0. The number of aromatic nitrogens is 2. The molecule has 1 atom stereocenters. The van der Waals surface area contributed by atoms with Crippen LogP contribution in [0.25, 0.3) is 0 Å². The number of aliphatic carboxylic acids is 1. The second kappa shape index (κ2) is 6.67. The second-order valence-electron chi connectivity index (χ2n) is 4.20. The van der Waals surface area contributed by atoms with E-state index in [0.717, 1.165) is 6.42 Å². The number of rotatable bonds is 8. The summed E-state index contributed by atoms with van der Waals surface area (Å²) in [5.74, 6) is -0.631. The Kier molecular flexibility index (Phi) is 5.49. The lowest BCUT2D eigenvalue weighted by molar-refractivity contribution is -0.139. The summed E-state index contributed by atoms with van der Waals surface area (Å²) < 4.78 is 26.2. The van der Waals surface area contributed by atoms with Crippen LogP contribution in [0.2, 0.25) is 0 Å². The summed E-state index contributed by atoms with van der Waals surface area (Å²) in [6, 6.07) is -1.11. The van der Waals surface area contributed by atoms with E-state index in [1.807, 2.05) is 13.8 Å². The second-order valence-corrected chi connectivity index (χ2v) is 5.88. The molecule has 0 unspecified atom stereocenters. The molecular weight excluding hydrogens is 270 g/mol. The summed E-state index contributed by atoms with van der Waals surface area (Å²) in [5, 5.41) is 8.90. The van der Waals surface area contributed by atoms with E-state index in [2.05, 4.69) is 14.7 Å². The predicted molar refractivity (Wildman–Crippen MR) is 69.2 cm³/mol. The van der Waals surface area contributed by atoms with E-state index in [1.54, 1.807) is 0 Å². The highest BCUT2D eigenvalue weighted by molar-refractivity contribution is 7.89. The third-order valence-corrected chi connectivity index (χ3v) is 4.05. The van der Waals surface area contributed by atoms with Crippen molar-refractivity contribution in [3.05, 3.63) is 12.0 Å². The van der Waals surface area contributed by atoms with Crippen LogP contribution in [-0.4, -0.2) is 35.5 Å². The largest absolute Gasteiger partial charge is 0.480 e. The minimum absolute atomic E-state index is 0.105. The quantitative estimate of drug-likeness (QED) is 0.658. The van der Waals surface area contributed by atoms with Crippen LogP contribution in [0.1, 0.15) is 38.9 Å². The zero-order chi connectivity index (χ0) is 14.5. The SMILES string of the molecule is CCCC[C@H](NS(=O)(=O)c1cnc(CC)[nH]1)C(=O)O. The van der Waals surface area contributed by atoms with E-state index in [9.17, 15) is 13.2 Å². The Morgan fingerprint density at radius 3 is 2.68 bits per heavy atom. The maximum absolute atomic E-state index is 12.0. The minimum atomic E-state index is -3.87. The van der Waals surface area contributed by atoms with Crippen LogP contribution in [0.5, 0.6) is 0 Å². The van der Waals surface area contributed by atoms with Crippen molar-refractivity contribution in [2.24, 2.45) is 0 Å². The molecule has 0 fully saturated rings. The number of aryl methyl sites for hydroxylation is 1. The molecule has 0 aliphatic rings. The number of carboxylic acids is 1. The first kappa shape index (κ1) is 15.6. The molecule has 0 aliphatic carbocycles. The van der Waals surface area contributed by atoms with E-state index in [0.29, 0.717) is 18.7 Å². The summed E-state index contributed by atoms with van der Waals surface area (Å²) in [6.45, 7) is 3.75. The first-order chi connectivity index (χ1) is 8.90. The van der Waals surface area contributed by atoms with Gasteiger partial charge in [-0.25, -0.2) is 13.4 Å². The molecule has 0 aromatic carbocycles. The highest BCUT2D eigenvalue weighted by Crippen LogP contribution is 2.09. The predicted octanol–water partition coefficient (Wildman–Crippen LogP) is 0.894. The molecule has 0 saturated heterocycles. The van der Waals surface area contributed by atoms with Crippen molar-refractivity contribution in [2.45, 2.75) is 50.6 Å². The highest BCUT2D eigenvalue weighted by atomic mass is 32.2. The van der Waals surface area contributed by atoms with E-state index in [-0.39, 0.29) is 11.4 Å². The van der Waals surface area contributed by atoms with Gasteiger partial charge in [0, 0.05) is 6.42 Å². The van der Waals surface area contributed by atoms with E-state index in [1.165, 1.54) is 6.20 Å². The van der Waals surface area contributed by atoms with Crippen molar-refractivity contribution in [1.29, 1.82) is 0 Å². The molecule has 1 heterocycles. The molecule has 1 aromatic rings. The summed E-state index contributed by atoms with van der Waals surface area (Å²) in [4.78, 5) is 17.6. The zero-order valence-corrected chi connectivity index (χ0v) is 11.8. The van der Waals surface area contributed by atoms with Crippen molar-refractivity contribution >= 4 is 16.0 Å². The molecule has 108 valence electrons. The maximum Gasteiger partial charge on any atom is 0.321 e. The van der Waals surface area contributed by atoms with Crippen molar-refractivity contribution in [3.63, 3.8) is 0 Å². The summed E-state index contributed by atoms with van der Waals surface area (Å²) in [5.41, 5.74) is 0. The number of imidazole rings is 1. The van der Waals surface area contributed by atoms with Crippen molar-refractivity contribution in [2.75, 3.05) is 0 Å². The van der Waals surface area contributed by atoms with Gasteiger partial charge in [-0.3, -0.25) is 4.79 Å². The Labute approximate surface area is 112 Å². The van der Waals surface area contributed by atoms with Gasteiger partial charge in [0.15, 0.2) is 5.03 Å². The third-order valence-electron chi connectivity index (χ3n) is 2.67. The number of carbonyl (C=O) groups is 1. The number of nitrogens with zero attached hydrogens (tertiary/aromatic N) is 1. The van der Waals surface area contributed by atoms with Crippen LogP contribution in [0, 0.1) is 0 Å². The van der Waals surface area contributed by atoms with Gasteiger partial charge in [-0.05, 0) is 6.42 Å². The molecule has 0 bridgehead atoms. The van der Waals surface area contributed by atoms with Crippen LogP contribution in [0.3, 0.4) is 0 Å². The number of hydrogen-bond donors (Lipinski definition) is 3. The maximum atomic E-state index is 12.0. The van der Waals surface area contributed by atoms with Gasteiger partial charge in [0.05, 0.1) is 6.20 Å². The first-order valence-corrected chi connectivity index (χ1v) is 7.68. The number of aromatic amines is 1. The van der Waals surface area contributed by atoms with Crippen LogP contribution < -0.4 is 4.72 Å². The highest BCUT2D eigenvalue weighted by Gasteiger charge is 2.26. The van der Waals surface area contributed by atoms with Crippen molar-refractivity contribution in [3.8, 4) is 0 Å². The van der Waals surface area contributed by atoms with Gasteiger partial charge in [-0.1, -0.05) is 26.7 Å². The molecule has 19 heavy (non-hydrogen) atoms. The number of carboxylic acid groups (broad SMARTS) is 1. The topological polar surface area (TPSA) is 112 Å². The fourth-order valence-corrected chi connectivity index (χ4v) is 2.72. The Bertz CT molecular complexity index is 524. The molecule has 0 saturated carbocycles. The van der Waals surface area contributed by atoms with E-state index < -0.39 is 22.0 Å². The molecule has 0 aliphatic heterocycles. The summed E-state index contributed by atoms with van der Waals surface area (Å²) in [6.07, 6.45) is 3.48. The average Bonchev–Trinajstić information content (AvgIpc) is 2.83. The van der Waals surface area contributed by atoms with Gasteiger partial charge in [0.25, 0.3) is 10.0 Å². The van der Waals surface area contributed by atoms with Gasteiger partial charge < -0.3 is 10.1 Å². The van der Waals surface area contributed by atoms with Gasteiger partial charge in [0.2, 0.25) is 0 Å². The first-order valence-electron chi connectivity index (χ1n) is 6.19. The molecule has 3 N–H and O–H groups in total. The number of nitrogens with one attached hydrogen (secondary N) is 2. The fraction of sp³-hybridized carbons (Fsp3) is 0.636. The smallest absolute Gasteiger partial charge is 0.321 e. The molecule has 7 nitrogen and oxygen atoms in total. The standard InChI is InChI=1S/C11H19N3O4S/c1-3-5-6-8(11(15)16)14-19(17,18)10-7-12-9(4-2)13-10/h7-8,14H,3-6H2,1-2H3,(H,12,13)(H,15,16)/t8-/m0/s1. The number of unbranched alkanes of at least 4 members (excludes halogenated alkanes) is 1. The Morgan fingerprint density at radius 1 is 1.53 bits per heavy atom. The van der Waals surface area contributed by atoms with Crippen molar-refractivity contribution < 1.29 is 18.3 Å². The van der Waals surface area contributed by atoms with Gasteiger partial charge in [-0.2, -0.15) is 4.72 Å². The molecule has 0 amide bonds. The number of sulfonamides is 1. The van der Waals surface area contributed by atoms with Gasteiger partial charge in [-0.15, -0.1) is 0 Å². The van der Waals surface area contributed by atoms with E-state index in [4.69, 9.17) is 5.11 Å². The van der Waals surface area contributed by atoms with E-state index >= 15 is 0 Å². The Morgan fingerprint density at radius 2 is 2.21 bits per heavy atom. The summed E-state index contributed by atoms with van der Waals surface area (Å²) in [7, 11) is -3.87. The molecule has 0 radical (unpaired) electrons. The lowest BCUT2D eigenvalue weighted by Gasteiger charge is -2.13. The monoisotopic (exact) mass is 289 g/mol. The Hall–Kier alpha value is -1.41. The van der Waals surface area contributed by atoms with Crippen LogP contribution in [0.4, 0.5) is 0 Å². The minimum Gasteiger partial charge on any atom is -0.480 e. The van der Waals surface area contributed by atoms with Gasteiger partial charge >= 0.3 is 5.97 Å². The average molecular weight is 289 g/mol.